The van der Waals surface area contributed by atoms with E-state index in [4.69, 9.17) is 14.2 Å². The molecule has 1 aliphatic heterocycles. The normalized spacial score (nSPS) is 49.9. The van der Waals surface area contributed by atoms with E-state index in [1.165, 1.54) is 6.92 Å². The Bertz CT molecular complexity index is 1030. The van der Waals surface area contributed by atoms with E-state index in [1.807, 2.05) is 13.8 Å². The van der Waals surface area contributed by atoms with Gasteiger partial charge in [-0.05, 0) is 113 Å². The molecule has 0 spiro atoms. The molecule has 6 heteroatoms. The lowest BCUT2D eigenvalue weighted by molar-refractivity contribution is -0.263. The van der Waals surface area contributed by atoms with Crippen LogP contribution in [0.15, 0.2) is 0 Å². The second kappa shape index (κ2) is 9.43. The minimum atomic E-state index is -0.853. The van der Waals surface area contributed by atoms with E-state index < -0.39 is 5.60 Å². The number of hydrogen-bond donors (Lipinski definition) is 1. The van der Waals surface area contributed by atoms with Gasteiger partial charge in [-0.3, -0.25) is 9.59 Å². The van der Waals surface area contributed by atoms with Crippen molar-refractivity contribution in [3.8, 4) is 0 Å². The lowest BCUT2D eigenvalue weighted by Crippen LogP contribution is -2.68. The van der Waals surface area contributed by atoms with E-state index in [0.29, 0.717) is 17.8 Å². The maximum atomic E-state index is 12.6. The fraction of sp³-hybridized carbons (Fsp3) is 0.941. The first-order valence-electron chi connectivity index (χ1n) is 16.0. The third-order valence-corrected chi connectivity index (χ3v) is 13.8. The van der Waals surface area contributed by atoms with Crippen molar-refractivity contribution in [1.82, 2.24) is 0 Å². The molecule has 0 aromatic rings. The third-order valence-electron chi connectivity index (χ3n) is 13.8. The van der Waals surface area contributed by atoms with Crippen LogP contribution in [-0.4, -0.2) is 46.6 Å². The summed E-state index contributed by atoms with van der Waals surface area (Å²) in [5.41, 5.74) is -1.16. The maximum absolute atomic E-state index is 12.6. The van der Waals surface area contributed by atoms with Crippen LogP contribution in [0, 0.1) is 45.3 Å². The van der Waals surface area contributed by atoms with E-state index in [9.17, 15) is 14.7 Å². The van der Waals surface area contributed by atoms with Gasteiger partial charge < -0.3 is 19.3 Å². The molecule has 4 unspecified atom stereocenters. The summed E-state index contributed by atoms with van der Waals surface area (Å²) < 4.78 is 19.0. The molecule has 0 aromatic heterocycles. The van der Waals surface area contributed by atoms with Crippen LogP contribution in [0.5, 0.6) is 0 Å². The van der Waals surface area contributed by atoms with Gasteiger partial charge in [-0.1, -0.05) is 34.6 Å². The van der Waals surface area contributed by atoms with Crippen molar-refractivity contribution in [2.75, 3.05) is 0 Å². The van der Waals surface area contributed by atoms with Crippen LogP contribution < -0.4 is 0 Å². The molecule has 1 N–H and O–H groups in total. The first-order chi connectivity index (χ1) is 18.3. The van der Waals surface area contributed by atoms with E-state index in [0.717, 1.165) is 57.8 Å². The summed E-state index contributed by atoms with van der Waals surface area (Å²) in [6, 6.07) is 0. The van der Waals surface area contributed by atoms with Crippen molar-refractivity contribution >= 4 is 11.9 Å². The molecule has 5 rings (SSSR count). The van der Waals surface area contributed by atoms with Crippen molar-refractivity contribution in [2.24, 2.45) is 45.3 Å². The SMILES string of the molecule is CC(=O)OC1CC2[C@@H]([C@@]3(C)CC[C@@H](C(C)(C)O)O3)CC[C@@]2(C)[C@]2(C)CCC3C(C)(C)[C@@H](OC(C)=O)CC[C@]3(C)C12. The molecular formula is C34H56O6. The van der Waals surface area contributed by atoms with E-state index in [-0.39, 0.29) is 63.4 Å². The summed E-state index contributed by atoms with van der Waals surface area (Å²) in [6.07, 6.45) is 8.66. The largest absolute Gasteiger partial charge is 0.462 e. The summed E-state index contributed by atoms with van der Waals surface area (Å²) in [7, 11) is 0. The topological polar surface area (TPSA) is 82.1 Å². The lowest BCUT2D eigenvalue weighted by atomic mass is 9.35. The number of carbonyl (C=O) groups is 2. The minimum Gasteiger partial charge on any atom is -0.462 e. The Labute approximate surface area is 242 Å². The fourth-order valence-corrected chi connectivity index (χ4v) is 11.8. The van der Waals surface area contributed by atoms with Crippen LogP contribution in [-0.2, 0) is 23.8 Å². The Morgan fingerprint density at radius 2 is 1.43 bits per heavy atom. The van der Waals surface area contributed by atoms with Gasteiger partial charge in [0.1, 0.15) is 12.2 Å². The Hall–Kier alpha value is -1.14. The standard InChI is InChI=1S/C34H56O6/c1-20(35)38-24-19-23-22(34(10)18-14-27(40-34)30(5,6)37)11-16-32(23,8)33(9)17-12-25-29(3,4)26(39-21(2)36)13-15-31(25,7)28(24)33/h22-28,37H,11-19H2,1-10H3/t22-,23?,24?,25?,26-,27-,28?,31-,32+,33+,34+/m0/s1. The summed E-state index contributed by atoms with van der Waals surface area (Å²) in [5.74, 6) is 1.03. The number of esters is 2. The highest BCUT2D eigenvalue weighted by Gasteiger charge is 2.73. The molecule has 0 amide bonds. The second-order valence-electron chi connectivity index (χ2n) is 16.6. The number of hydrogen-bond acceptors (Lipinski definition) is 6. The molecule has 5 fully saturated rings. The first-order valence-corrected chi connectivity index (χ1v) is 16.0. The number of carbonyl (C=O) groups excluding carboxylic acids is 2. The second-order valence-corrected chi connectivity index (χ2v) is 16.6. The van der Waals surface area contributed by atoms with Crippen molar-refractivity contribution in [3.05, 3.63) is 0 Å². The molecule has 4 aliphatic carbocycles. The van der Waals surface area contributed by atoms with Gasteiger partial charge in [0.15, 0.2) is 0 Å². The van der Waals surface area contributed by atoms with Crippen LogP contribution in [0.2, 0.25) is 0 Å². The smallest absolute Gasteiger partial charge is 0.302 e. The predicted octanol–water partition coefficient (Wildman–Crippen LogP) is 6.85. The van der Waals surface area contributed by atoms with Crippen LogP contribution in [0.25, 0.3) is 0 Å². The summed E-state index contributed by atoms with van der Waals surface area (Å²) in [5, 5.41) is 10.7. The Morgan fingerprint density at radius 3 is 2.00 bits per heavy atom. The fourth-order valence-electron chi connectivity index (χ4n) is 11.8. The van der Waals surface area contributed by atoms with Crippen molar-refractivity contribution in [3.63, 3.8) is 0 Å². The molecular weight excluding hydrogens is 504 g/mol. The van der Waals surface area contributed by atoms with Crippen LogP contribution >= 0.6 is 0 Å². The summed E-state index contributed by atoms with van der Waals surface area (Å²) in [6.45, 7) is 21.2. The highest BCUT2D eigenvalue weighted by molar-refractivity contribution is 5.66. The first kappa shape index (κ1) is 30.3. The summed E-state index contributed by atoms with van der Waals surface area (Å²) in [4.78, 5) is 24.6. The van der Waals surface area contributed by atoms with Gasteiger partial charge in [0.25, 0.3) is 0 Å². The molecule has 40 heavy (non-hydrogen) atoms. The Morgan fingerprint density at radius 1 is 0.800 bits per heavy atom. The molecule has 1 saturated heterocycles. The predicted molar refractivity (Wildman–Crippen MR) is 154 cm³/mol. The van der Waals surface area contributed by atoms with Gasteiger partial charge in [-0.2, -0.15) is 0 Å². The van der Waals surface area contributed by atoms with Crippen molar-refractivity contribution < 1.29 is 28.9 Å². The zero-order valence-corrected chi connectivity index (χ0v) is 26.9. The highest BCUT2D eigenvalue weighted by atomic mass is 16.5. The lowest BCUT2D eigenvalue weighted by Gasteiger charge is -2.71. The average Bonchev–Trinajstić information content (AvgIpc) is 3.37. The number of fused-ring (bicyclic) bond motifs is 5. The van der Waals surface area contributed by atoms with Gasteiger partial charge in [0, 0.05) is 25.2 Å². The molecule has 11 atom stereocenters. The molecule has 0 radical (unpaired) electrons. The monoisotopic (exact) mass is 560 g/mol. The van der Waals surface area contributed by atoms with Gasteiger partial charge >= 0.3 is 11.9 Å². The minimum absolute atomic E-state index is 0.0148. The van der Waals surface area contributed by atoms with Gasteiger partial charge in [0.2, 0.25) is 0 Å². The van der Waals surface area contributed by atoms with Gasteiger partial charge in [0.05, 0.1) is 17.3 Å². The zero-order chi connectivity index (χ0) is 29.7. The third kappa shape index (κ3) is 4.31. The molecule has 0 bridgehead atoms. The maximum Gasteiger partial charge on any atom is 0.302 e. The Balaban J connectivity index is 1.52. The van der Waals surface area contributed by atoms with Crippen LogP contribution in [0.3, 0.4) is 0 Å². The van der Waals surface area contributed by atoms with E-state index in [2.05, 4.69) is 41.5 Å². The van der Waals surface area contributed by atoms with Crippen molar-refractivity contribution in [2.45, 2.75) is 157 Å². The Kier molecular flexibility index (Phi) is 7.15. The zero-order valence-electron chi connectivity index (χ0n) is 26.9. The molecule has 5 aliphatic rings. The molecule has 4 saturated carbocycles. The number of aliphatic hydroxyl groups is 1. The molecule has 228 valence electrons. The number of rotatable bonds is 4. The highest BCUT2D eigenvalue weighted by Crippen LogP contribution is 2.76. The van der Waals surface area contributed by atoms with Crippen LogP contribution in [0.1, 0.15) is 127 Å². The molecule has 1 heterocycles. The average molecular weight is 561 g/mol. The van der Waals surface area contributed by atoms with Gasteiger partial charge in [-0.15, -0.1) is 0 Å². The van der Waals surface area contributed by atoms with Crippen LogP contribution in [0.4, 0.5) is 0 Å². The quantitative estimate of drug-likeness (QED) is 0.379. The van der Waals surface area contributed by atoms with Gasteiger partial charge in [-0.25, -0.2) is 0 Å². The van der Waals surface area contributed by atoms with E-state index >= 15 is 0 Å². The van der Waals surface area contributed by atoms with Crippen molar-refractivity contribution in [1.29, 1.82) is 0 Å². The molecule has 0 aromatic carbocycles. The van der Waals surface area contributed by atoms with E-state index in [1.54, 1.807) is 6.92 Å². The number of ether oxygens (including phenoxy) is 3. The molecule has 6 nitrogen and oxygen atoms in total. The summed E-state index contributed by atoms with van der Waals surface area (Å²) >= 11 is 0.